The summed E-state index contributed by atoms with van der Waals surface area (Å²) in [5, 5.41) is 0.562. The molecule has 0 aromatic heterocycles. The smallest absolute Gasteiger partial charge is 0.203 e. The topological polar surface area (TPSA) is 57.0 Å². The SMILES string of the molecule is COc1cccc(Oc2cc(N(C)C)c(Cl)cc2N)c1OC. The maximum atomic E-state index is 6.18. The second kappa shape index (κ2) is 6.66. The quantitative estimate of drug-likeness (QED) is 0.849. The van der Waals surface area contributed by atoms with E-state index in [9.17, 15) is 0 Å². The molecule has 22 heavy (non-hydrogen) atoms. The van der Waals surface area contributed by atoms with Crippen molar-refractivity contribution >= 4 is 23.0 Å². The van der Waals surface area contributed by atoms with Crippen LogP contribution in [0, 0.1) is 0 Å². The second-order valence-electron chi connectivity index (χ2n) is 4.83. The van der Waals surface area contributed by atoms with Crippen LogP contribution < -0.4 is 24.8 Å². The normalized spacial score (nSPS) is 10.2. The lowest BCUT2D eigenvalue weighted by molar-refractivity contribution is 0.336. The zero-order valence-electron chi connectivity index (χ0n) is 13.0. The van der Waals surface area contributed by atoms with Crippen LogP contribution in [0.2, 0.25) is 5.02 Å². The number of nitrogens with two attached hydrogens (primary N) is 1. The van der Waals surface area contributed by atoms with Gasteiger partial charge in [0.15, 0.2) is 17.2 Å². The minimum atomic E-state index is 0.445. The van der Waals surface area contributed by atoms with Crippen molar-refractivity contribution in [1.29, 1.82) is 0 Å². The lowest BCUT2D eigenvalue weighted by Gasteiger charge is -2.18. The average molecular weight is 323 g/mol. The molecule has 6 heteroatoms. The Morgan fingerprint density at radius 2 is 1.68 bits per heavy atom. The molecule has 2 aromatic rings. The van der Waals surface area contributed by atoms with Crippen LogP contribution in [-0.2, 0) is 0 Å². The maximum absolute atomic E-state index is 6.18. The van der Waals surface area contributed by atoms with Gasteiger partial charge in [0.25, 0.3) is 0 Å². The Hall–Kier alpha value is -2.27. The van der Waals surface area contributed by atoms with Gasteiger partial charge in [-0.3, -0.25) is 0 Å². The predicted molar refractivity (Wildman–Crippen MR) is 89.8 cm³/mol. The van der Waals surface area contributed by atoms with Crippen molar-refractivity contribution in [1.82, 2.24) is 0 Å². The molecule has 0 unspecified atom stereocenters. The number of halogens is 1. The molecular weight excluding hydrogens is 304 g/mol. The van der Waals surface area contributed by atoms with Gasteiger partial charge in [-0.05, 0) is 18.2 Å². The van der Waals surface area contributed by atoms with Gasteiger partial charge in [-0.1, -0.05) is 17.7 Å². The molecule has 0 spiro atoms. The highest BCUT2D eigenvalue weighted by Gasteiger charge is 2.15. The Labute approximate surface area is 135 Å². The molecule has 0 heterocycles. The van der Waals surface area contributed by atoms with Gasteiger partial charge in [-0.25, -0.2) is 0 Å². The summed E-state index contributed by atoms with van der Waals surface area (Å²) in [5.74, 6) is 2.10. The third kappa shape index (κ3) is 3.14. The number of nitrogens with zero attached hydrogens (tertiary/aromatic N) is 1. The third-order valence-corrected chi connectivity index (χ3v) is 3.45. The zero-order chi connectivity index (χ0) is 16.3. The first-order valence-electron chi connectivity index (χ1n) is 6.63. The van der Waals surface area contributed by atoms with E-state index >= 15 is 0 Å². The summed E-state index contributed by atoms with van der Waals surface area (Å²) >= 11 is 6.18. The van der Waals surface area contributed by atoms with E-state index in [1.54, 1.807) is 38.5 Å². The highest BCUT2D eigenvalue weighted by atomic mass is 35.5. The number of hydrogen-bond acceptors (Lipinski definition) is 5. The van der Waals surface area contributed by atoms with Gasteiger partial charge in [-0.2, -0.15) is 0 Å². The van der Waals surface area contributed by atoms with E-state index in [0.29, 0.717) is 33.7 Å². The molecule has 0 radical (unpaired) electrons. The van der Waals surface area contributed by atoms with E-state index in [1.807, 2.05) is 25.1 Å². The third-order valence-electron chi connectivity index (χ3n) is 3.15. The fourth-order valence-electron chi connectivity index (χ4n) is 2.05. The van der Waals surface area contributed by atoms with E-state index in [-0.39, 0.29) is 0 Å². The van der Waals surface area contributed by atoms with Crippen LogP contribution >= 0.6 is 11.6 Å². The molecule has 118 valence electrons. The van der Waals surface area contributed by atoms with E-state index in [2.05, 4.69) is 0 Å². The Morgan fingerprint density at radius 3 is 2.27 bits per heavy atom. The van der Waals surface area contributed by atoms with Crippen LogP contribution in [-0.4, -0.2) is 28.3 Å². The van der Waals surface area contributed by atoms with Gasteiger partial charge in [0, 0.05) is 20.2 Å². The lowest BCUT2D eigenvalue weighted by atomic mass is 10.2. The minimum Gasteiger partial charge on any atom is -0.493 e. The van der Waals surface area contributed by atoms with Crippen molar-refractivity contribution in [3.05, 3.63) is 35.4 Å². The fraction of sp³-hybridized carbons (Fsp3) is 0.250. The van der Waals surface area contributed by atoms with Gasteiger partial charge in [-0.15, -0.1) is 0 Å². The number of rotatable bonds is 5. The Morgan fingerprint density at radius 1 is 1.00 bits per heavy atom. The van der Waals surface area contributed by atoms with E-state index in [1.165, 1.54) is 0 Å². The first-order chi connectivity index (χ1) is 10.5. The summed E-state index contributed by atoms with van der Waals surface area (Å²) in [4.78, 5) is 1.89. The number of methoxy groups -OCH3 is 2. The second-order valence-corrected chi connectivity index (χ2v) is 5.24. The molecule has 0 atom stereocenters. The van der Waals surface area contributed by atoms with Crippen molar-refractivity contribution in [2.45, 2.75) is 0 Å². The van der Waals surface area contributed by atoms with Crippen molar-refractivity contribution in [3.8, 4) is 23.0 Å². The molecule has 2 N–H and O–H groups in total. The highest BCUT2D eigenvalue weighted by molar-refractivity contribution is 6.33. The summed E-state index contributed by atoms with van der Waals surface area (Å²) in [6.45, 7) is 0. The standard InChI is InChI=1S/C16H19ClN2O3/c1-19(2)12-9-15(11(18)8-10(12)17)22-14-7-5-6-13(20-3)16(14)21-4/h5-9H,18H2,1-4H3. The molecule has 0 bridgehead atoms. The summed E-state index contributed by atoms with van der Waals surface area (Å²) in [5.41, 5.74) is 7.26. The van der Waals surface area contributed by atoms with Gasteiger partial charge in [0.05, 0.1) is 30.6 Å². The number of hydrogen-bond donors (Lipinski definition) is 1. The number of ether oxygens (including phenoxy) is 3. The Balaban J connectivity index is 2.45. The summed E-state index contributed by atoms with van der Waals surface area (Å²) in [7, 11) is 6.92. The van der Waals surface area contributed by atoms with Crippen LogP contribution in [0.5, 0.6) is 23.0 Å². The molecule has 5 nitrogen and oxygen atoms in total. The van der Waals surface area contributed by atoms with Crippen LogP contribution in [0.1, 0.15) is 0 Å². The molecule has 0 saturated heterocycles. The van der Waals surface area contributed by atoms with E-state index in [4.69, 9.17) is 31.5 Å². The molecule has 2 aromatic carbocycles. The first kappa shape index (κ1) is 16.1. The van der Waals surface area contributed by atoms with Crippen molar-refractivity contribution in [2.24, 2.45) is 0 Å². The number of para-hydroxylation sites is 1. The molecule has 0 saturated carbocycles. The monoisotopic (exact) mass is 322 g/mol. The van der Waals surface area contributed by atoms with Gasteiger partial charge >= 0.3 is 0 Å². The molecule has 0 amide bonds. The van der Waals surface area contributed by atoms with Gasteiger partial charge in [0.2, 0.25) is 5.75 Å². The number of nitrogen functional groups attached to an aromatic ring is 1. The average Bonchev–Trinajstić information content (AvgIpc) is 2.49. The Bertz CT molecular complexity index is 675. The van der Waals surface area contributed by atoms with Crippen molar-refractivity contribution in [2.75, 3.05) is 38.9 Å². The van der Waals surface area contributed by atoms with Gasteiger partial charge < -0.3 is 24.8 Å². The zero-order valence-corrected chi connectivity index (χ0v) is 13.8. The number of benzene rings is 2. The van der Waals surface area contributed by atoms with Gasteiger partial charge in [0.1, 0.15) is 0 Å². The summed E-state index contributed by atoms with van der Waals surface area (Å²) < 4.78 is 16.5. The maximum Gasteiger partial charge on any atom is 0.203 e. The van der Waals surface area contributed by atoms with Crippen LogP contribution in [0.3, 0.4) is 0 Å². The minimum absolute atomic E-state index is 0.445. The predicted octanol–water partition coefficient (Wildman–Crippen LogP) is 3.80. The molecule has 0 aliphatic rings. The largest absolute Gasteiger partial charge is 0.493 e. The molecule has 0 fully saturated rings. The van der Waals surface area contributed by atoms with Crippen molar-refractivity contribution in [3.63, 3.8) is 0 Å². The Kier molecular flexibility index (Phi) is 4.88. The molecule has 0 aliphatic carbocycles. The molecular formula is C16H19ClN2O3. The van der Waals surface area contributed by atoms with Crippen LogP contribution in [0.4, 0.5) is 11.4 Å². The lowest BCUT2D eigenvalue weighted by Crippen LogP contribution is -2.09. The molecule has 2 rings (SSSR count). The summed E-state index contributed by atoms with van der Waals surface area (Å²) in [6, 6.07) is 8.85. The van der Waals surface area contributed by atoms with E-state index < -0.39 is 0 Å². The fourth-order valence-corrected chi connectivity index (χ4v) is 2.39. The van der Waals surface area contributed by atoms with E-state index in [0.717, 1.165) is 5.69 Å². The number of anilines is 2. The highest BCUT2D eigenvalue weighted by Crippen LogP contribution is 2.42. The van der Waals surface area contributed by atoms with Crippen LogP contribution in [0.15, 0.2) is 30.3 Å². The van der Waals surface area contributed by atoms with Crippen LogP contribution in [0.25, 0.3) is 0 Å². The molecule has 0 aliphatic heterocycles. The first-order valence-corrected chi connectivity index (χ1v) is 7.01. The van der Waals surface area contributed by atoms with Crippen molar-refractivity contribution < 1.29 is 14.2 Å². The summed E-state index contributed by atoms with van der Waals surface area (Å²) in [6.07, 6.45) is 0.